The molecule has 1 amide bonds. The summed E-state index contributed by atoms with van der Waals surface area (Å²) in [5.41, 5.74) is 3.69. The van der Waals surface area contributed by atoms with E-state index in [0.29, 0.717) is 28.7 Å². The highest BCUT2D eigenvalue weighted by atomic mass is 32.2. The molecule has 42 heavy (non-hydrogen) atoms. The van der Waals surface area contributed by atoms with Crippen LogP contribution in [0.5, 0.6) is 17.2 Å². The molecule has 4 rings (SSSR count). The van der Waals surface area contributed by atoms with Gasteiger partial charge in [-0.25, -0.2) is 8.60 Å². The predicted octanol–water partition coefficient (Wildman–Crippen LogP) is 5.99. The fourth-order valence-corrected chi connectivity index (χ4v) is 5.80. The monoisotopic (exact) mass is 597 g/mol. The normalized spacial score (nSPS) is 14.6. The molecule has 226 valence electrons. The first-order valence-corrected chi connectivity index (χ1v) is 15.4. The number of aryl methyl sites for hydroxylation is 1. The lowest BCUT2D eigenvalue weighted by Crippen LogP contribution is -2.52. The average molecular weight is 598 g/mol. The zero-order valence-electron chi connectivity index (χ0n) is 25.1. The molecule has 3 aromatic carbocycles. The van der Waals surface area contributed by atoms with Crippen LogP contribution in [0.3, 0.4) is 0 Å². The maximum Gasteiger partial charge on any atom is 0.251 e. The van der Waals surface area contributed by atoms with E-state index in [1.807, 2.05) is 39.0 Å². The summed E-state index contributed by atoms with van der Waals surface area (Å²) in [7, 11) is 3.30. The molecule has 0 fully saturated rings. The number of methoxy groups -OCH3 is 1. The minimum atomic E-state index is -1.49. The highest BCUT2D eigenvalue weighted by molar-refractivity contribution is 7.80. The Morgan fingerprint density at radius 1 is 1.05 bits per heavy atom. The Labute approximate surface area is 250 Å². The van der Waals surface area contributed by atoms with E-state index in [1.165, 1.54) is 12.1 Å². The molecule has 1 heterocycles. The first kappa shape index (κ1) is 31.3. The molecule has 1 unspecified atom stereocenters. The third-order valence-corrected chi connectivity index (χ3v) is 8.17. The van der Waals surface area contributed by atoms with E-state index in [9.17, 15) is 13.4 Å². The Morgan fingerprint density at radius 2 is 1.81 bits per heavy atom. The molecular weight excluding hydrogens is 557 g/mol. The van der Waals surface area contributed by atoms with Crippen LogP contribution in [0.15, 0.2) is 48.5 Å². The molecule has 1 aliphatic rings. The summed E-state index contributed by atoms with van der Waals surface area (Å²) in [5, 5.41) is 6.64. The van der Waals surface area contributed by atoms with Gasteiger partial charge in [-0.15, -0.1) is 0 Å². The van der Waals surface area contributed by atoms with Gasteiger partial charge < -0.3 is 29.2 Å². The van der Waals surface area contributed by atoms with Crippen molar-refractivity contribution in [3.8, 4) is 28.4 Å². The summed E-state index contributed by atoms with van der Waals surface area (Å²) in [6.45, 7) is 9.41. The molecule has 0 spiro atoms. The number of benzene rings is 3. The van der Waals surface area contributed by atoms with E-state index in [4.69, 9.17) is 13.7 Å². The minimum Gasteiger partial charge on any atom is -0.496 e. The van der Waals surface area contributed by atoms with E-state index in [-0.39, 0.29) is 12.5 Å². The van der Waals surface area contributed by atoms with Gasteiger partial charge in [-0.05, 0) is 82.1 Å². The average Bonchev–Trinajstić information content (AvgIpc) is 2.96. The second-order valence-electron chi connectivity index (χ2n) is 10.9. The fourth-order valence-electron chi connectivity index (χ4n) is 5.02. The van der Waals surface area contributed by atoms with Crippen molar-refractivity contribution in [2.24, 2.45) is 0 Å². The third kappa shape index (κ3) is 7.04. The van der Waals surface area contributed by atoms with E-state index < -0.39 is 22.4 Å². The van der Waals surface area contributed by atoms with Gasteiger partial charge in [-0.1, -0.05) is 19.1 Å². The molecule has 0 bridgehead atoms. The molecule has 2 N–H and O–H groups in total. The van der Waals surface area contributed by atoms with Crippen molar-refractivity contribution in [1.82, 2.24) is 5.32 Å². The Balaban J connectivity index is 1.69. The lowest BCUT2D eigenvalue weighted by molar-refractivity contribution is -0.121. The maximum atomic E-state index is 14.0. The standard InChI is InChI=1S/C32H40FN3O5S/c1-7-15-34-16-8-17-42(38)41-23-11-12-25(29(19-23)39-6)24-13-14-27-30(36(5)31(37)32(3,4)35-27)26(24)20-40-28-18-22(33)10-9-21(28)2/h9-14,18-19,34-35H,7-8,15-17,20H2,1-6H3. The van der Waals surface area contributed by atoms with Gasteiger partial charge in [0.2, 0.25) is 11.1 Å². The van der Waals surface area contributed by atoms with Crippen LogP contribution in [0, 0.1) is 12.7 Å². The van der Waals surface area contributed by atoms with Crippen molar-refractivity contribution >= 4 is 28.4 Å². The zero-order valence-corrected chi connectivity index (χ0v) is 26.0. The lowest BCUT2D eigenvalue weighted by atomic mass is 9.91. The van der Waals surface area contributed by atoms with E-state index in [1.54, 1.807) is 37.3 Å². The molecule has 0 saturated carbocycles. The van der Waals surface area contributed by atoms with Crippen LogP contribution in [0.1, 0.15) is 44.7 Å². The Kier molecular flexibility index (Phi) is 10.1. The molecule has 0 saturated heterocycles. The first-order chi connectivity index (χ1) is 20.1. The van der Waals surface area contributed by atoms with Gasteiger partial charge in [0, 0.05) is 30.3 Å². The largest absolute Gasteiger partial charge is 0.496 e. The molecule has 3 aromatic rings. The summed E-state index contributed by atoms with van der Waals surface area (Å²) < 4.78 is 44.2. The van der Waals surface area contributed by atoms with Crippen molar-refractivity contribution in [3.05, 3.63) is 65.5 Å². The number of anilines is 2. The molecule has 10 heteroatoms. The smallest absolute Gasteiger partial charge is 0.251 e. The van der Waals surface area contributed by atoms with Crippen LogP contribution < -0.4 is 29.2 Å². The molecule has 1 atom stereocenters. The Morgan fingerprint density at radius 3 is 2.55 bits per heavy atom. The lowest BCUT2D eigenvalue weighted by Gasteiger charge is -2.39. The predicted molar refractivity (Wildman–Crippen MR) is 166 cm³/mol. The van der Waals surface area contributed by atoms with Gasteiger partial charge in [0.25, 0.3) is 5.91 Å². The summed E-state index contributed by atoms with van der Waals surface area (Å²) in [6.07, 6.45) is 1.79. The van der Waals surface area contributed by atoms with E-state index in [2.05, 4.69) is 17.6 Å². The summed E-state index contributed by atoms with van der Waals surface area (Å²) in [6, 6.07) is 13.6. The summed E-state index contributed by atoms with van der Waals surface area (Å²) >= 11 is -1.49. The second kappa shape index (κ2) is 13.6. The first-order valence-electron chi connectivity index (χ1n) is 14.1. The van der Waals surface area contributed by atoms with Crippen molar-refractivity contribution in [1.29, 1.82) is 0 Å². The molecule has 0 aromatic heterocycles. The second-order valence-corrected chi connectivity index (χ2v) is 12.0. The molecule has 0 aliphatic carbocycles. The van der Waals surface area contributed by atoms with E-state index >= 15 is 0 Å². The van der Waals surface area contributed by atoms with Crippen molar-refractivity contribution in [2.45, 2.75) is 52.7 Å². The number of hydrogen-bond acceptors (Lipinski definition) is 7. The van der Waals surface area contributed by atoms with Crippen LogP contribution in [0.2, 0.25) is 0 Å². The quantitative estimate of drug-likeness (QED) is 0.234. The number of halogens is 1. The molecular formula is C32H40FN3O5S. The van der Waals surface area contributed by atoms with Gasteiger partial charge in [0.15, 0.2) is 0 Å². The highest BCUT2D eigenvalue weighted by Gasteiger charge is 2.38. The SMILES string of the molecule is CCCNCCCS(=O)Oc1ccc(-c2ccc3c(c2COc2cc(F)ccc2C)N(C)C(=O)C(C)(C)N3)c(OC)c1. The maximum absolute atomic E-state index is 14.0. The number of likely N-dealkylation sites (N-methyl/N-ethyl adjacent to an activating group) is 1. The van der Waals surface area contributed by atoms with Crippen LogP contribution in [-0.2, 0) is 22.5 Å². The fraction of sp³-hybridized carbons (Fsp3) is 0.406. The van der Waals surface area contributed by atoms with Crippen LogP contribution in [0.4, 0.5) is 15.8 Å². The topological polar surface area (TPSA) is 89.1 Å². The number of nitrogens with zero attached hydrogens (tertiary/aromatic N) is 1. The number of amides is 1. The summed E-state index contributed by atoms with van der Waals surface area (Å²) in [5.74, 6) is 1.27. The highest BCUT2D eigenvalue weighted by Crippen LogP contribution is 2.45. The zero-order chi connectivity index (χ0) is 30.4. The van der Waals surface area contributed by atoms with Gasteiger partial charge >= 0.3 is 0 Å². The molecule has 8 nitrogen and oxygen atoms in total. The summed E-state index contributed by atoms with van der Waals surface area (Å²) in [4.78, 5) is 14.9. The number of nitrogens with one attached hydrogen (secondary N) is 2. The number of fused-ring (bicyclic) bond motifs is 1. The number of carbonyl (C=O) groups excluding carboxylic acids is 1. The van der Waals surface area contributed by atoms with Crippen molar-refractivity contribution < 1.29 is 27.1 Å². The van der Waals surface area contributed by atoms with Crippen LogP contribution in [0.25, 0.3) is 11.1 Å². The van der Waals surface area contributed by atoms with Gasteiger partial charge in [0.05, 0.1) is 24.2 Å². The number of carbonyl (C=O) groups is 1. The Hall–Kier alpha value is -3.63. The van der Waals surface area contributed by atoms with Crippen LogP contribution in [-0.4, -0.2) is 48.7 Å². The van der Waals surface area contributed by atoms with Crippen molar-refractivity contribution in [2.75, 3.05) is 43.2 Å². The van der Waals surface area contributed by atoms with Gasteiger partial charge in [0.1, 0.15) is 35.2 Å². The van der Waals surface area contributed by atoms with Crippen LogP contribution >= 0.6 is 0 Å². The Bertz CT molecular complexity index is 1460. The molecule has 1 aliphatic heterocycles. The minimum absolute atomic E-state index is 0.0695. The third-order valence-electron chi connectivity index (χ3n) is 7.17. The number of ether oxygens (including phenoxy) is 2. The van der Waals surface area contributed by atoms with Gasteiger partial charge in [-0.2, -0.15) is 0 Å². The number of hydrogen-bond donors (Lipinski definition) is 2. The van der Waals surface area contributed by atoms with Crippen molar-refractivity contribution in [3.63, 3.8) is 0 Å². The van der Waals surface area contributed by atoms with E-state index in [0.717, 1.165) is 53.9 Å². The van der Waals surface area contributed by atoms with Gasteiger partial charge in [-0.3, -0.25) is 4.79 Å². The number of rotatable bonds is 13. The molecule has 0 radical (unpaired) electrons.